The molecule has 2 aromatic heterocycles. The third-order valence-corrected chi connectivity index (χ3v) is 5.99. The van der Waals surface area contributed by atoms with Crippen LogP contribution in [0.3, 0.4) is 0 Å². The van der Waals surface area contributed by atoms with E-state index < -0.39 is 11.7 Å². The number of carbonyl (C=O) groups excluding carboxylic acids is 2. The van der Waals surface area contributed by atoms with Crippen molar-refractivity contribution in [3.63, 3.8) is 0 Å². The molecule has 0 saturated heterocycles. The maximum absolute atomic E-state index is 14.2. The van der Waals surface area contributed by atoms with Crippen molar-refractivity contribution in [1.82, 2.24) is 9.97 Å². The summed E-state index contributed by atoms with van der Waals surface area (Å²) in [7, 11) is 0. The molecular weight excluding hydrogens is 466 g/mol. The lowest BCUT2D eigenvalue weighted by atomic mass is 10.2. The fourth-order valence-corrected chi connectivity index (χ4v) is 4.46. The lowest BCUT2D eigenvalue weighted by Crippen LogP contribution is -2.23. The Morgan fingerprint density at radius 3 is 2.48 bits per heavy atom. The smallest absolute Gasteiger partial charge is 0.250 e. The summed E-state index contributed by atoms with van der Waals surface area (Å²) in [6, 6.07) is 11.8. The van der Waals surface area contributed by atoms with Crippen molar-refractivity contribution in [3.8, 4) is 11.3 Å². The number of nitrogens with one attached hydrogen (secondary N) is 1. The summed E-state index contributed by atoms with van der Waals surface area (Å²) < 4.78 is 27.2. The van der Waals surface area contributed by atoms with Gasteiger partial charge in [0.25, 0.3) is 0 Å². The second kappa shape index (κ2) is 9.80. The van der Waals surface area contributed by atoms with E-state index in [0.717, 1.165) is 16.9 Å². The van der Waals surface area contributed by atoms with E-state index in [1.807, 2.05) is 0 Å². The van der Waals surface area contributed by atoms with E-state index in [1.54, 1.807) is 29.0 Å². The maximum atomic E-state index is 14.2. The average Bonchev–Trinajstić information content (AvgIpc) is 3.44. The molecule has 0 aliphatic heterocycles. The zero-order valence-electron chi connectivity index (χ0n) is 17.2. The van der Waals surface area contributed by atoms with Crippen LogP contribution in [-0.2, 0) is 9.59 Å². The highest BCUT2D eigenvalue weighted by Crippen LogP contribution is 2.31. The number of thiazole rings is 2. The third-order valence-electron chi connectivity index (χ3n) is 4.39. The van der Waals surface area contributed by atoms with Crippen LogP contribution in [0.4, 0.5) is 24.7 Å². The predicted octanol–water partition coefficient (Wildman–Crippen LogP) is 5.88. The van der Waals surface area contributed by atoms with E-state index >= 15 is 0 Å². The van der Waals surface area contributed by atoms with Gasteiger partial charge in [-0.1, -0.05) is 12.1 Å². The minimum Gasteiger partial charge on any atom is -0.298 e. The first kappa shape index (κ1) is 22.4. The molecule has 4 rings (SSSR count). The lowest BCUT2D eigenvalue weighted by molar-refractivity contribution is -0.116. The van der Waals surface area contributed by atoms with Gasteiger partial charge in [0.1, 0.15) is 11.6 Å². The highest BCUT2D eigenvalue weighted by Gasteiger charge is 2.20. The van der Waals surface area contributed by atoms with E-state index in [1.165, 1.54) is 65.6 Å². The summed E-state index contributed by atoms with van der Waals surface area (Å²) in [6.45, 7) is 1.32. The minimum absolute atomic E-state index is 0.105. The summed E-state index contributed by atoms with van der Waals surface area (Å²) in [5.74, 6) is -1.67. The SMILES string of the molecule is CC(=O)N(c1nc(/C=C/C(=O)Nc2nc(-c3ccc(F)cc3)cs2)cs1)c1ccccc1F. The number of anilines is 3. The topological polar surface area (TPSA) is 75.2 Å². The molecule has 0 radical (unpaired) electrons. The Bertz CT molecular complexity index is 1330. The average molecular weight is 483 g/mol. The quantitative estimate of drug-likeness (QED) is 0.348. The maximum Gasteiger partial charge on any atom is 0.250 e. The molecule has 33 heavy (non-hydrogen) atoms. The van der Waals surface area contributed by atoms with Crippen LogP contribution in [-0.4, -0.2) is 21.8 Å². The third kappa shape index (κ3) is 5.36. The fraction of sp³-hybridized carbons (Fsp3) is 0.0435. The first-order valence-corrected chi connectivity index (χ1v) is 11.4. The van der Waals surface area contributed by atoms with Gasteiger partial charge in [-0.3, -0.25) is 19.8 Å². The molecule has 1 N–H and O–H groups in total. The molecule has 166 valence electrons. The summed E-state index contributed by atoms with van der Waals surface area (Å²) in [4.78, 5) is 34.2. The Labute approximate surface area is 195 Å². The molecule has 2 aromatic carbocycles. The van der Waals surface area contributed by atoms with Crippen molar-refractivity contribution in [2.45, 2.75) is 6.92 Å². The van der Waals surface area contributed by atoms with Gasteiger partial charge in [-0.25, -0.2) is 18.7 Å². The van der Waals surface area contributed by atoms with Crippen molar-refractivity contribution in [2.75, 3.05) is 10.2 Å². The predicted molar refractivity (Wildman–Crippen MR) is 127 cm³/mol. The van der Waals surface area contributed by atoms with Crippen LogP contribution in [0.5, 0.6) is 0 Å². The molecule has 0 atom stereocenters. The first-order valence-electron chi connectivity index (χ1n) is 9.62. The second-order valence-electron chi connectivity index (χ2n) is 6.73. The number of aromatic nitrogens is 2. The zero-order chi connectivity index (χ0) is 23.4. The second-order valence-corrected chi connectivity index (χ2v) is 8.42. The standard InChI is InChI=1S/C23H16F2N4O2S2/c1-14(30)29(20-5-3-2-4-18(20)25)23-26-17(12-33-23)10-11-21(31)28-22-27-19(13-32-22)15-6-8-16(24)9-7-15/h2-13H,1H3,(H,27,28,31)/b11-10+. The van der Waals surface area contributed by atoms with Gasteiger partial charge in [0.2, 0.25) is 11.8 Å². The van der Waals surface area contributed by atoms with Crippen molar-refractivity contribution >= 4 is 56.5 Å². The zero-order valence-corrected chi connectivity index (χ0v) is 18.8. The molecule has 0 spiro atoms. The molecule has 0 unspecified atom stereocenters. The van der Waals surface area contributed by atoms with Gasteiger partial charge in [-0.05, 0) is 42.5 Å². The van der Waals surface area contributed by atoms with Crippen molar-refractivity contribution in [2.24, 2.45) is 0 Å². The highest BCUT2D eigenvalue weighted by molar-refractivity contribution is 7.14. The molecule has 0 aliphatic rings. The molecule has 2 heterocycles. The monoisotopic (exact) mass is 482 g/mol. The molecule has 0 saturated carbocycles. The number of amides is 2. The Morgan fingerprint density at radius 1 is 1.00 bits per heavy atom. The molecule has 2 amide bonds. The van der Waals surface area contributed by atoms with E-state index in [-0.39, 0.29) is 22.5 Å². The van der Waals surface area contributed by atoms with Crippen LogP contribution in [0.1, 0.15) is 12.6 Å². The van der Waals surface area contributed by atoms with Crippen LogP contribution < -0.4 is 10.2 Å². The van der Waals surface area contributed by atoms with Gasteiger partial charge in [-0.2, -0.15) is 0 Å². The summed E-state index contributed by atoms with van der Waals surface area (Å²) in [5, 5.41) is 6.77. The molecular formula is C23H16F2N4O2S2. The van der Waals surface area contributed by atoms with E-state index in [0.29, 0.717) is 16.5 Å². The highest BCUT2D eigenvalue weighted by atomic mass is 32.1. The Morgan fingerprint density at radius 2 is 1.76 bits per heavy atom. The van der Waals surface area contributed by atoms with E-state index in [2.05, 4.69) is 15.3 Å². The van der Waals surface area contributed by atoms with Crippen LogP contribution in [0.2, 0.25) is 0 Å². The number of hydrogen-bond acceptors (Lipinski definition) is 6. The number of carbonyl (C=O) groups is 2. The lowest BCUT2D eigenvalue weighted by Gasteiger charge is -2.18. The molecule has 0 aliphatic carbocycles. The normalized spacial score (nSPS) is 11.0. The van der Waals surface area contributed by atoms with Gasteiger partial charge in [-0.15, -0.1) is 22.7 Å². The minimum atomic E-state index is -0.539. The summed E-state index contributed by atoms with van der Waals surface area (Å²) in [6.07, 6.45) is 2.78. The van der Waals surface area contributed by atoms with Crippen LogP contribution >= 0.6 is 22.7 Å². The number of halogens is 2. The van der Waals surface area contributed by atoms with Gasteiger partial charge in [0.05, 0.1) is 17.1 Å². The van der Waals surface area contributed by atoms with Gasteiger partial charge in [0.15, 0.2) is 10.3 Å². The molecule has 4 aromatic rings. The van der Waals surface area contributed by atoms with Gasteiger partial charge < -0.3 is 0 Å². The molecule has 10 heteroatoms. The summed E-state index contributed by atoms with van der Waals surface area (Å²) in [5.41, 5.74) is 1.91. The van der Waals surface area contributed by atoms with E-state index in [4.69, 9.17) is 0 Å². The molecule has 6 nitrogen and oxygen atoms in total. The largest absolute Gasteiger partial charge is 0.298 e. The van der Waals surface area contributed by atoms with Crippen LogP contribution in [0, 0.1) is 11.6 Å². The van der Waals surface area contributed by atoms with E-state index in [9.17, 15) is 18.4 Å². The van der Waals surface area contributed by atoms with Gasteiger partial charge in [0, 0.05) is 29.3 Å². The first-order chi connectivity index (χ1) is 15.9. The van der Waals surface area contributed by atoms with Gasteiger partial charge >= 0.3 is 0 Å². The fourth-order valence-electron chi connectivity index (χ4n) is 2.89. The Kier molecular flexibility index (Phi) is 6.66. The van der Waals surface area contributed by atoms with Crippen LogP contribution in [0.15, 0.2) is 65.4 Å². The number of rotatable bonds is 6. The molecule has 0 fully saturated rings. The Balaban J connectivity index is 1.44. The van der Waals surface area contributed by atoms with Crippen LogP contribution in [0.25, 0.3) is 17.3 Å². The van der Waals surface area contributed by atoms with Crippen molar-refractivity contribution < 1.29 is 18.4 Å². The number of hydrogen-bond donors (Lipinski definition) is 1. The Hall–Kier alpha value is -3.76. The van der Waals surface area contributed by atoms with Crippen molar-refractivity contribution in [3.05, 3.63) is 82.7 Å². The number of benzene rings is 2. The molecule has 0 bridgehead atoms. The van der Waals surface area contributed by atoms with Crippen molar-refractivity contribution in [1.29, 1.82) is 0 Å². The summed E-state index contributed by atoms with van der Waals surface area (Å²) >= 11 is 2.40. The number of para-hydroxylation sites is 1. The number of nitrogens with zero attached hydrogens (tertiary/aromatic N) is 3.